The third-order valence-corrected chi connectivity index (χ3v) is 5.85. The van der Waals surface area contributed by atoms with Crippen LogP contribution in [-0.4, -0.2) is 48.9 Å². The Morgan fingerprint density at radius 2 is 2.41 bits per heavy atom. The predicted octanol–water partition coefficient (Wildman–Crippen LogP) is 1.50. The molecule has 4 aliphatic rings. The Morgan fingerprint density at radius 1 is 1.50 bits per heavy atom. The van der Waals surface area contributed by atoms with Gasteiger partial charge in [0.25, 0.3) is 0 Å². The van der Waals surface area contributed by atoms with Crippen LogP contribution in [-0.2, 0) is 11.8 Å². The van der Waals surface area contributed by atoms with Crippen molar-refractivity contribution >= 4 is 0 Å². The van der Waals surface area contributed by atoms with E-state index in [-0.39, 0.29) is 12.0 Å². The molecule has 1 saturated heterocycles. The molecular formula is C18H21NO3. The molecule has 5 atom stereocenters. The fourth-order valence-corrected chi connectivity index (χ4v) is 4.97. The second kappa shape index (κ2) is 4.06. The van der Waals surface area contributed by atoms with E-state index in [9.17, 15) is 5.11 Å². The zero-order chi connectivity index (χ0) is 18.5. The molecule has 1 spiro atoms. The van der Waals surface area contributed by atoms with E-state index in [1.807, 2.05) is 12.1 Å². The van der Waals surface area contributed by atoms with E-state index in [4.69, 9.17) is 15.0 Å². The number of hydrogen-bond donors (Lipinski definition) is 1. The second-order valence-electron chi connectivity index (χ2n) is 6.64. The number of likely N-dealkylation sites (tertiary alicyclic amines) is 1. The lowest BCUT2D eigenvalue weighted by molar-refractivity contribution is -0.0453. The van der Waals surface area contributed by atoms with Gasteiger partial charge in [-0.25, -0.2) is 0 Å². The first-order valence-corrected chi connectivity index (χ1v) is 7.76. The van der Waals surface area contributed by atoms with Crippen molar-refractivity contribution in [3.05, 3.63) is 35.4 Å². The molecule has 0 aromatic heterocycles. The van der Waals surface area contributed by atoms with Crippen LogP contribution in [0.4, 0.5) is 0 Å². The van der Waals surface area contributed by atoms with Crippen molar-refractivity contribution < 1.29 is 20.1 Å². The van der Waals surface area contributed by atoms with Gasteiger partial charge in [-0.15, -0.1) is 0 Å². The number of piperidine rings is 1. The Balaban J connectivity index is 1.80. The molecule has 2 aliphatic heterocycles. The molecule has 2 heterocycles. The van der Waals surface area contributed by atoms with Crippen molar-refractivity contribution in [2.75, 3.05) is 20.6 Å². The number of ether oxygens (including phenoxy) is 2. The van der Waals surface area contributed by atoms with Crippen LogP contribution >= 0.6 is 0 Å². The summed E-state index contributed by atoms with van der Waals surface area (Å²) in [5.74, 6) is 0.897. The Kier molecular flexibility index (Phi) is 1.77. The molecular weight excluding hydrogens is 278 g/mol. The molecule has 0 saturated carbocycles. The second-order valence-corrected chi connectivity index (χ2v) is 6.64. The van der Waals surface area contributed by atoms with Gasteiger partial charge >= 0.3 is 0 Å². The average Bonchev–Trinajstić information content (AvgIpc) is 2.84. The van der Waals surface area contributed by atoms with Gasteiger partial charge in [0.05, 0.1) is 8.48 Å². The zero-order valence-corrected chi connectivity index (χ0v) is 12.4. The maximum atomic E-state index is 10.7. The summed E-state index contributed by atoms with van der Waals surface area (Å²) in [5, 5.41) is 10.7. The van der Waals surface area contributed by atoms with Crippen molar-refractivity contribution in [3.63, 3.8) is 0 Å². The van der Waals surface area contributed by atoms with E-state index in [1.54, 1.807) is 24.2 Å². The number of nitrogens with zero attached hydrogens (tertiary/aromatic N) is 1. The molecule has 1 N–H and O–H groups in total. The first kappa shape index (κ1) is 9.58. The minimum atomic E-state index is -2.19. The summed E-state index contributed by atoms with van der Waals surface area (Å²) in [4.78, 5) is 1.58. The zero-order valence-electron chi connectivity index (χ0n) is 16.4. The standard InChI is InChI=1S/C18H21NO3/c1-19-8-7-18-11-4-5-13(20)17(18)22-16-14(21-2)6-3-10(15(16)18)9-12(11)19/h3-6,11-13,17,20H,7-9H2,1-2H3/t11-,12+,13?,17?,18-/m0/s1/i1D3,17D. The normalized spacial score (nSPS) is 47.6. The third-order valence-electron chi connectivity index (χ3n) is 5.85. The fraction of sp³-hybridized carbons (Fsp3) is 0.556. The van der Waals surface area contributed by atoms with Crippen LogP contribution in [0, 0.1) is 5.92 Å². The quantitative estimate of drug-likeness (QED) is 0.799. The molecule has 5 rings (SSSR count). The van der Waals surface area contributed by atoms with Gasteiger partial charge < -0.3 is 19.5 Å². The monoisotopic (exact) mass is 303 g/mol. The summed E-state index contributed by atoms with van der Waals surface area (Å²) in [6, 6.07) is 3.51. The first-order chi connectivity index (χ1) is 12.2. The topological polar surface area (TPSA) is 41.9 Å². The van der Waals surface area contributed by atoms with Crippen LogP contribution in [0.25, 0.3) is 0 Å². The van der Waals surface area contributed by atoms with Crippen molar-refractivity contribution in [2.24, 2.45) is 5.92 Å². The molecule has 22 heavy (non-hydrogen) atoms. The lowest BCUT2D eigenvalue weighted by Crippen LogP contribution is -2.64. The third kappa shape index (κ3) is 1.28. The minimum absolute atomic E-state index is 0.196. The lowest BCUT2D eigenvalue weighted by atomic mass is 9.53. The molecule has 2 aliphatic carbocycles. The number of likely N-dealkylation sites (N-methyl/N-ethyl adjacent to an activating group) is 1. The molecule has 116 valence electrons. The minimum Gasteiger partial charge on any atom is -0.493 e. The number of hydrogen-bond acceptors (Lipinski definition) is 4. The molecule has 1 aromatic carbocycles. The van der Waals surface area contributed by atoms with Crippen LogP contribution < -0.4 is 9.47 Å². The SMILES string of the molecule is [2H]C([2H])([2H])N1CC[C@]23c4c5ccc(OC)c4OC2([2H])C(O)C=C[C@H]3[C@H]1C5. The Hall–Kier alpha value is -1.52. The van der Waals surface area contributed by atoms with Gasteiger partial charge in [0.2, 0.25) is 0 Å². The summed E-state index contributed by atoms with van der Waals surface area (Å²) in [5.41, 5.74) is 1.17. The molecule has 0 amide bonds. The molecule has 4 nitrogen and oxygen atoms in total. The number of benzene rings is 1. The average molecular weight is 303 g/mol. The van der Waals surface area contributed by atoms with Gasteiger partial charge in [-0.3, -0.25) is 0 Å². The van der Waals surface area contributed by atoms with Gasteiger partial charge in [0.1, 0.15) is 12.2 Å². The van der Waals surface area contributed by atoms with E-state index in [2.05, 4.69) is 0 Å². The van der Waals surface area contributed by atoms with Crippen molar-refractivity contribution in [1.82, 2.24) is 4.90 Å². The Morgan fingerprint density at radius 3 is 3.23 bits per heavy atom. The summed E-state index contributed by atoms with van der Waals surface area (Å²) >= 11 is 0. The highest BCUT2D eigenvalue weighted by Gasteiger charge is 2.64. The van der Waals surface area contributed by atoms with E-state index in [0.717, 1.165) is 11.1 Å². The highest BCUT2D eigenvalue weighted by Crippen LogP contribution is 2.62. The lowest BCUT2D eigenvalue weighted by Gasteiger charge is -2.56. The number of aliphatic hydroxyl groups excluding tert-OH is 1. The maximum Gasteiger partial charge on any atom is 0.165 e. The van der Waals surface area contributed by atoms with Crippen molar-refractivity contribution in [2.45, 2.75) is 36.5 Å². The molecule has 1 aromatic rings. The van der Waals surface area contributed by atoms with Crippen LogP contribution in [0.5, 0.6) is 11.5 Å². The van der Waals surface area contributed by atoms with E-state index in [1.165, 1.54) is 0 Å². The molecule has 1 fully saturated rings. The van der Waals surface area contributed by atoms with Crippen LogP contribution in [0.15, 0.2) is 24.3 Å². The molecule has 2 unspecified atom stereocenters. The van der Waals surface area contributed by atoms with Crippen molar-refractivity contribution in [3.8, 4) is 11.5 Å². The summed E-state index contributed by atoms with van der Waals surface area (Å²) in [7, 11) is 1.56. The van der Waals surface area contributed by atoms with Gasteiger partial charge in [0.15, 0.2) is 11.5 Å². The largest absolute Gasteiger partial charge is 0.493 e. The predicted molar refractivity (Wildman–Crippen MR) is 82.5 cm³/mol. The van der Waals surface area contributed by atoms with E-state index < -0.39 is 24.6 Å². The number of aliphatic hydroxyl groups is 1. The molecule has 2 bridgehead atoms. The highest BCUT2D eigenvalue weighted by molar-refractivity contribution is 5.62. The fourth-order valence-electron chi connectivity index (χ4n) is 4.97. The van der Waals surface area contributed by atoms with Gasteiger partial charge in [-0.05, 0) is 38.0 Å². The first-order valence-electron chi connectivity index (χ1n) is 9.76. The summed E-state index contributed by atoms with van der Waals surface area (Å²) < 4.78 is 44.5. The summed E-state index contributed by atoms with van der Waals surface area (Å²) in [6.07, 6.45) is 1.87. The van der Waals surface area contributed by atoms with Crippen molar-refractivity contribution in [1.29, 1.82) is 0 Å². The van der Waals surface area contributed by atoms with Gasteiger partial charge in [-0.2, -0.15) is 0 Å². The van der Waals surface area contributed by atoms with E-state index >= 15 is 0 Å². The molecule has 0 radical (unpaired) electrons. The summed E-state index contributed by atoms with van der Waals surface area (Å²) in [6.45, 7) is -1.84. The number of rotatable bonds is 1. The van der Waals surface area contributed by atoms with Crippen LogP contribution in [0.1, 0.15) is 23.0 Å². The van der Waals surface area contributed by atoms with E-state index in [0.29, 0.717) is 30.9 Å². The van der Waals surface area contributed by atoms with Crippen LogP contribution in [0.3, 0.4) is 0 Å². The Bertz CT molecular complexity index is 825. The maximum absolute atomic E-state index is 10.7. The smallest absolute Gasteiger partial charge is 0.165 e. The van der Waals surface area contributed by atoms with Gasteiger partial charge in [0, 0.05) is 27.1 Å². The number of methoxy groups -OCH3 is 1. The van der Waals surface area contributed by atoms with Crippen LogP contribution in [0.2, 0.25) is 0 Å². The highest BCUT2D eigenvalue weighted by atomic mass is 16.5. The van der Waals surface area contributed by atoms with Gasteiger partial charge in [-0.1, -0.05) is 18.2 Å². The molecule has 4 heteroatoms. The Labute approximate surface area is 135 Å².